The highest BCUT2D eigenvalue weighted by atomic mass is 32.1. The van der Waals surface area contributed by atoms with Crippen LogP contribution in [-0.4, -0.2) is 37.9 Å². The zero-order chi connectivity index (χ0) is 21.3. The second-order valence-corrected chi connectivity index (χ2v) is 7.82. The summed E-state index contributed by atoms with van der Waals surface area (Å²) in [4.78, 5) is 13.4. The molecule has 0 atom stereocenters. The van der Waals surface area contributed by atoms with Crippen LogP contribution in [0.25, 0.3) is 15.5 Å². The van der Waals surface area contributed by atoms with Crippen LogP contribution in [0.3, 0.4) is 0 Å². The van der Waals surface area contributed by atoms with Gasteiger partial charge in [0.05, 0.1) is 18.4 Å². The summed E-state index contributed by atoms with van der Waals surface area (Å²) in [5.74, 6) is 0.890. The van der Waals surface area contributed by atoms with Crippen LogP contribution in [0, 0.1) is 13.8 Å². The zero-order valence-corrected chi connectivity index (χ0v) is 18.1. The molecule has 0 spiro atoms. The number of fused-ring (bicyclic) bond motifs is 1. The van der Waals surface area contributed by atoms with Gasteiger partial charge in [-0.15, -0.1) is 10.2 Å². The van der Waals surface area contributed by atoms with Gasteiger partial charge >= 0.3 is 0 Å². The Morgan fingerprint density at radius 2 is 1.93 bits per heavy atom. The largest absolute Gasteiger partial charge is 0.496 e. The van der Waals surface area contributed by atoms with E-state index in [9.17, 15) is 4.79 Å². The first-order valence-corrected chi connectivity index (χ1v) is 10.2. The maximum absolute atomic E-state index is 12.7. The van der Waals surface area contributed by atoms with Gasteiger partial charge in [-0.1, -0.05) is 35.6 Å². The highest BCUT2D eigenvalue weighted by Gasteiger charge is 2.17. The van der Waals surface area contributed by atoms with Gasteiger partial charge in [0.25, 0.3) is 5.91 Å². The Hall–Kier alpha value is -3.37. The number of nitrogens with one attached hydrogen (secondary N) is 2. The fourth-order valence-electron chi connectivity index (χ4n) is 3.03. The maximum Gasteiger partial charge on any atom is 0.261 e. The van der Waals surface area contributed by atoms with E-state index in [2.05, 4.69) is 25.9 Å². The summed E-state index contributed by atoms with van der Waals surface area (Å²) in [6, 6.07) is 13.0. The molecular weight excluding hydrogens is 420 g/mol. The van der Waals surface area contributed by atoms with Gasteiger partial charge in [0.15, 0.2) is 10.9 Å². The molecule has 0 aliphatic rings. The minimum absolute atomic E-state index is 0.176. The molecule has 8 nitrogen and oxygen atoms in total. The molecule has 152 valence electrons. The van der Waals surface area contributed by atoms with E-state index in [1.165, 1.54) is 18.4 Å². The molecule has 4 aromatic rings. The summed E-state index contributed by atoms with van der Waals surface area (Å²) in [6.07, 6.45) is 0. The summed E-state index contributed by atoms with van der Waals surface area (Å²) in [6.45, 7) is 3.72. The minimum Gasteiger partial charge on any atom is -0.496 e. The predicted molar refractivity (Wildman–Crippen MR) is 120 cm³/mol. The molecule has 0 unspecified atom stereocenters. The van der Waals surface area contributed by atoms with Gasteiger partial charge in [-0.25, -0.2) is 0 Å². The molecule has 4 rings (SSSR count). The zero-order valence-electron chi connectivity index (χ0n) is 16.5. The monoisotopic (exact) mass is 438 g/mol. The van der Waals surface area contributed by atoms with Gasteiger partial charge in [0.1, 0.15) is 10.8 Å². The third-order valence-electron chi connectivity index (χ3n) is 4.44. The number of aromatic nitrogens is 4. The van der Waals surface area contributed by atoms with E-state index in [-0.39, 0.29) is 11.0 Å². The molecule has 0 aliphatic heterocycles. The number of ether oxygens (including phenoxy) is 1. The second kappa shape index (κ2) is 8.17. The van der Waals surface area contributed by atoms with Crippen molar-refractivity contribution >= 4 is 45.2 Å². The summed E-state index contributed by atoms with van der Waals surface area (Å²) < 4.78 is 7.06. The van der Waals surface area contributed by atoms with Gasteiger partial charge in [0, 0.05) is 5.56 Å². The third-order valence-corrected chi connectivity index (χ3v) is 5.58. The van der Waals surface area contributed by atoms with Crippen molar-refractivity contribution in [2.45, 2.75) is 13.8 Å². The van der Waals surface area contributed by atoms with Crippen molar-refractivity contribution in [1.29, 1.82) is 0 Å². The van der Waals surface area contributed by atoms with Gasteiger partial charge in [0.2, 0.25) is 4.96 Å². The molecule has 0 bridgehead atoms. The molecular formula is C20H18N6O2S2. The minimum atomic E-state index is -0.347. The van der Waals surface area contributed by atoms with Gasteiger partial charge in [-0.2, -0.15) is 9.61 Å². The van der Waals surface area contributed by atoms with Crippen LogP contribution in [0.5, 0.6) is 5.75 Å². The van der Waals surface area contributed by atoms with Crippen LogP contribution in [0.1, 0.15) is 21.7 Å². The lowest BCUT2D eigenvalue weighted by Crippen LogP contribution is -2.34. The van der Waals surface area contributed by atoms with E-state index in [0.717, 1.165) is 21.8 Å². The number of rotatable bonds is 4. The van der Waals surface area contributed by atoms with E-state index in [0.29, 0.717) is 22.1 Å². The molecule has 0 fully saturated rings. The Morgan fingerprint density at radius 1 is 1.13 bits per heavy atom. The number of anilines is 1. The maximum atomic E-state index is 12.7. The van der Waals surface area contributed by atoms with Crippen molar-refractivity contribution in [2.24, 2.45) is 0 Å². The number of carbonyl (C=O) groups excluding carboxylic acids is 1. The van der Waals surface area contributed by atoms with E-state index < -0.39 is 0 Å². The smallest absolute Gasteiger partial charge is 0.261 e. The molecule has 0 aliphatic carbocycles. The van der Waals surface area contributed by atoms with E-state index in [1.54, 1.807) is 16.6 Å². The number of hydrogen-bond donors (Lipinski definition) is 2. The highest BCUT2D eigenvalue weighted by molar-refractivity contribution is 7.80. The van der Waals surface area contributed by atoms with Crippen LogP contribution < -0.4 is 15.4 Å². The highest BCUT2D eigenvalue weighted by Crippen LogP contribution is 2.31. The summed E-state index contributed by atoms with van der Waals surface area (Å²) in [5.41, 5.74) is 2.85. The molecule has 0 saturated carbocycles. The fraction of sp³-hybridized carbons (Fsp3) is 0.150. The molecule has 30 heavy (non-hydrogen) atoms. The fourth-order valence-corrected chi connectivity index (χ4v) is 4.16. The summed E-state index contributed by atoms with van der Waals surface area (Å²) in [5, 5.41) is 19.4. The number of amides is 1. The number of nitrogens with zero attached hydrogens (tertiary/aromatic N) is 4. The van der Waals surface area contributed by atoms with Crippen LogP contribution in [0.4, 0.5) is 5.69 Å². The third kappa shape index (κ3) is 3.74. The Morgan fingerprint density at radius 3 is 2.70 bits per heavy atom. The van der Waals surface area contributed by atoms with Crippen LogP contribution in [-0.2, 0) is 0 Å². The molecule has 2 heterocycles. The summed E-state index contributed by atoms with van der Waals surface area (Å²) >= 11 is 6.80. The van der Waals surface area contributed by atoms with E-state index >= 15 is 0 Å². The van der Waals surface area contributed by atoms with Crippen LogP contribution in [0.15, 0.2) is 42.5 Å². The summed E-state index contributed by atoms with van der Waals surface area (Å²) in [7, 11) is 1.54. The Bertz CT molecular complexity index is 1260. The normalized spacial score (nSPS) is 10.8. The standard InChI is InChI=1S/C20H18N6O2S2/c1-11-7-6-9-14(16(11)28-3)17(27)22-19(29)21-15-10-5-4-8-13(15)18-25-26-12(2)23-24-20(26)30-18/h4-10H,1-3H3,(H2,21,22,27,29). The van der Waals surface area contributed by atoms with E-state index in [4.69, 9.17) is 17.0 Å². The van der Waals surface area contributed by atoms with Gasteiger partial charge < -0.3 is 10.1 Å². The van der Waals surface area contributed by atoms with Crippen molar-refractivity contribution in [3.8, 4) is 16.3 Å². The average Bonchev–Trinajstić information content (AvgIpc) is 3.30. The second-order valence-electron chi connectivity index (χ2n) is 6.46. The first kappa shape index (κ1) is 19.9. The number of benzene rings is 2. The van der Waals surface area contributed by atoms with Crippen LogP contribution in [0.2, 0.25) is 0 Å². The number of para-hydroxylation sites is 2. The van der Waals surface area contributed by atoms with Gasteiger partial charge in [-0.3, -0.25) is 10.1 Å². The quantitative estimate of drug-likeness (QED) is 0.470. The molecule has 2 aromatic heterocycles. The van der Waals surface area contributed by atoms with Crippen molar-refractivity contribution in [1.82, 2.24) is 25.1 Å². The van der Waals surface area contributed by atoms with Gasteiger partial charge in [-0.05, 0) is 49.8 Å². The van der Waals surface area contributed by atoms with Crippen molar-refractivity contribution < 1.29 is 9.53 Å². The van der Waals surface area contributed by atoms with E-state index in [1.807, 2.05) is 44.2 Å². The number of hydrogen-bond acceptors (Lipinski definition) is 7. The molecule has 2 N–H and O–H groups in total. The molecule has 2 aromatic carbocycles. The number of carbonyl (C=O) groups is 1. The molecule has 0 saturated heterocycles. The lowest BCUT2D eigenvalue weighted by atomic mass is 10.1. The molecule has 0 radical (unpaired) electrons. The van der Waals surface area contributed by atoms with Crippen molar-refractivity contribution in [3.05, 3.63) is 59.4 Å². The van der Waals surface area contributed by atoms with Crippen molar-refractivity contribution in [2.75, 3.05) is 12.4 Å². The number of thiocarbonyl (C=S) groups is 1. The molecule has 1 amide bonds. The molecule has 10 heteroatoms. The van der Waals surface area contributed by atoms with Crippen molar-refractivity contribution in [3.63, 3.8) is 0 Å². The first-order valence-electron chi connectivity index (χ1n) is 9.02. The first-order chi connectivity index (χ1) is 14.5. The predicted octanol–water partition coefficient (Wildman–Crippen LogP) is 3.61. The Kier molecular flexibility index (Phi) is 5.42. The average molecular weight is 439 g/mol. The lowest BCUT2D eigenvalue weighted by Gasteiger charge is -2.14. The number of methoxy groups -OCH3 is 1. The number of aryl methyl sites for hydroxylation is 2. The van der Waals surface area contributed by atoms with Crippen LogP contribution >= 0.6 is 23.6 Å². The Balaban J connectivity index is 1.56. The topological polar surface area (TPSA) is 93.4 Å². The SMILES string of the molecule is COc1c(C)cccc1C(=O)NC(=S)Nc1ccccc1-c1nn2c(C)nnc2s1. The lowest BCUT2D eigenvalue weighted by molar-refractivity contribution is 0.0974. The Labute approximate surface area is 181 Å².